The average molecular weight is 224 g/mol. The number of nitrogens with zero attached hydrogens (tertiary/aromatic N) is 1. The van der Waals surface area contributed by atoms with Crippen molar-refractivity contribution in [1.29, 1.82) is 0 Å². The maximum absolute atomic E-state index is 5.51. The van der Waals surface area contributed by atoms with Gasteiger partial charge in [-0.15, -0.1) is 0 Å². The van der Waals surface area contributed by atoms with Crippen LogP contribution in [0.3, 0.4) is 0 Å². The molecule has 0 spiro atoms. The van der Waals surface area contributed by atoms with Gasteiger partial charge in [-0.2, -0.15) is 0 Å². The first kappa shape index (κ1) is 12.4. The topological polar surface area (TPSA) is 29.3 Å². The van der Waals surface area contributed by atoms with Crippen LogP contribution in [0.25, 0.3) is 0 Å². The van der Waals surface area contributed by atoms with Gasteiger partial charge in [0.2, 0.25) is 0 Å². The second kappa shape index (κ2) is 6.61. The Bertz CT molecular complexity index is 193. The normalized spacial score (nSPS) is 30.6. The number of rotatable bonds is 6. The quantitative estimate of drug-likeness (QED) is 0.703. The van der Waals surface area contributed by atoms with Crippen molar-refractivity contribution in [1.82, 2.24) is 4.90 Å². The van der Waals surface area contributed by atoms with Crippen molar-refractivity contribution >= 4 is 0 Å². The van der Waals surface area contributed by atoms with Crippen LogP contribution in [-0.4, -0.2) is 30.6 Å². The number of hydrogen-bond acceptors (Lipinski definition) is 2. The second-order valence-corrected chi connectivity index (χ2v) is 5.64. The van der Waals surface area contributed by atoms with Gasteiger partial charge in [0.1, 0.15) is 0 Å². The van der Waals surface area contributed by atoms with E-state index in [2.05, 4.69) is 4.90 Å². The summed E-state index contributed by atoms with van der Waals surface area (Å²) in [5.74, 6) is 1.05. The van der Waals surface area contributed by atoms with Crippen molar-refractivity contribution in [3.05, 3.63) is 0 Å². The van der Waals surface area contributed by atoms with Gasteiger partial charge in [-0.05, 0) is 57.7 Å². The minimum atomic E-state index is 0.869. The highest BCUT2D eigenvalue weighted by molar-refractivity contribution is 4.89. The minimum absolute atomic E-state index is 0.869. The molecule has 1 aliphatic heterocycles. The molecule has 0 bridgehead atoms. The Labute approximate surface area is 101 Å². The zero-order valence-corrected chi connectivity index (χ0v) is 10.7. The number of hydrogen-bond donors (Lipinski definition) is 1. The van der Waals surface area contributed by atoms with Gasteiger partial charge in [0.25, 0.3) is 0 Å². The van der Waals surface area contributed by atoms with E-state index < -0.39 is 0 Å². The first-order chi connectivity index (χ1) is 7.92. The molecule has 0 radical (unpaired) electrons. The maximum atomic E-state index is 5.51. The van der Waals surface area contributed by atoms with Gasteiger partial charge >= 0.3 is 0 Å². The molecular weight excluding hydrogens is 196 g/mol. The van der Waals surface area contributed by atoms with E-state index in [1.54, 1.807) is 0 Å². The van der Waals surface area contributed by atoms with E-state index in [9.17, 15) is 0 Å². The smallest absolute Gasteiger partial charge is 0.0124 e. The molecule has 0 aromatic carbocycles. The monoisotopic (exact) mass is 224 g/mol. The predicted octanol–water partition coefficient (Wildman–Crippen LogP) is 2.77. The molecule has 0 aromatic rings. The maximum Gasteiger partial charge on any atom is 0.0124 e. The Kier molecular flexibility index (Phi) is 5.11. The number of nitrogens with two attached hydrogens (primary N) is 1. The van der Waals surface area contributed by atoms with Crippen LogP contribution in [0, 0.1) is 5.92 Å². The van der Waals surface area contributed by atoms with Gasteiger partial charge in [0.05, 0.1) is 0 Å². The third-order valence-corrected chi connectivity index (χ3v) is 4.52. The summed E-state index contributed by atoms with van der Waals surface area (Å²) in [6.45, 7) is 3.60. The van der Waals surface area contributed by atoms with Crippen LogP contribution in [0.2, 0.25) is 0 Å². The van der Waals surface area contributed by atoms with Gasteiger partial charge in [-0.1, -0.05) is 25.7 Å². The third kappa shape index (κ3) is 3.21. The molecule has 2 N–H and O–H groups in total. The lowest BCUT2D eigenvalue weighted by molar-refractivity contribution is 0.179. The summed E-state index contributed by atoms with van der Waals surface area (Å²) >= 11 is 0. The molecule has 2 unspecified atom stereocenters. The van der Waals surface area contributed by atoms with Gasteiger partial charge in [-0.25, -0.2) is 0 Å². The van der Waals surface area contributed by atoms with Crippen molar-refractivity contribution < 1.29 is 0 Å². The SMILES string of the molecule is NCCCCCCN1CCC2CCCCC21. The highest BCUT2D eigenvalue weighted by atomic mass is 15.2. The van der Waals surface area contributed by atoms with Crippen LogP contribution >= 0.6 is 0 Å². The van der Waals surface area contributed by atoms with E-state index in [4.69, 9.17) is 5.73 Å². The standard InChI is InChI=1S/C14H28N2/c15-10-5-1-2-6-11-16-12-9-13-7-3-4-8-14(13)16/h13-14H,1-12,15H2. The summed E-state index contributed by atoms with van der Waals surface area (Å²) in [7, 11) is 0. The molecule has 16 heavy (non-hydrogen) atoms. The Morgan fingerprint density at radius 2 is 1.75 bits per heavy atom. The lowest BCUT2D eigenvalue weighted by Crippen LogP contribution is -2.35. The summed E-state index contributed by atoms with van der Waals surface area (Å²) in [6.07, 6.45) is 12.8. The molecule has 1 saturated heterocycles. The van der Waals surface area contributed by atoms with E-state index in [1.807, 2.05) is 0 Å². The van der Waals surface area contributed by atoms with Crippen molar-refractivity contribution in [2.45, 2.75) is 63.8 Å². The Morgan fingerprint density at radius 3 is 2.62 bits per heavy atom. The van der Waals surface area contributed by atoms with Crippen molar-refractivity contribution in [3.8, 4) is 0 Å². The molecule has 2 nitrogen and oxygen atoms in total. The predicted molar refractivity (Wildman–Crippen MR) is 69.5 cm³/mol. The van der Waals surface area contributed by atoms with Crippen LogP contribution in [0.15, 0.2) is 0 Å². The van der Waals surface area contributed by atoms with Crippen LogP contribution in [-0.2, 0) is 0 Å². The van der Waals surface area contributed by atoms with E-state index >= 15 is 0 Å². The van der Waals surface area contributed by atoms with Crippen LogP contribution < -0.4 is 5.73 Å². The number of fused-ring (bicyclic) bond motifs is 1. The van der Waals surface area contributed by atoms with E-state index in [1.165, 1.54) is 70.9 Å². The second-order valence-electron chi connectivity index (χ2n) is 5.64. The van der Waals surface area contributed by atoms with E-state index in [0.29, 0.717) is 0 Å². The lowest BCUT2D eigenvalue weighted by atomic mass is 9.85. The summed E-state index contributed by atoms with van der Waals surface area (Å²) in [5, 5.41) is 0. The third-order valence-electron chi connectivity index (χ3n) is 4.52. The van der Waals surface area contributed by atoms with Gasteiger partial charge < -0.3 is 10.6 Å². The summed E-state index contributed by atoms with van der Waals surface area (Å²) < 4.78 is 0. The van der Waals surface area contributed by atoms with Crippen LogP contribution in [0.1, 0.15) is 57.8 Å². The Hall–Kier alpha value is -0.0800. The first-order valence-corrected chi connectivity index (χ1v) is 7.36. The molecule has 2 atom stereocenters. The molecule has 2 fully saturated rings. The van der Waals surface area contributed by atoms with Crippen molar-refractivity contribution in [3.63, 3.8) is 0 Å². The molecule has 1 heterocycles. The fourth-order valence-corrected chi connectivity index (χ4v) is 3.59. The number of unbranched alkanes of at least 4 members (excludes halogenated alkanes) is 3. The average Bonchev–Trinajstić information content (AvgIpc) is 2.73. The van der Waals surface area contributed by atoms with Gasteiger partial charge in [0.15, 0.2) is 0 Å². The molecule has 1 aliphatic carbocycles. The highest BCUT2D eigenvalue weighted by Gasteiger charge is 2.34. The summed E-state index contributed by atoms with van der Waals surface area (Å²) in [5.41, 5.74) is 5.51. The summed E-state index contributed by atoms with van der Waals surface area (Å²) in [4.78, 5) is 2.78. The van der Waals surface area contributed by atoms with Crippen molar-refractivity contribution in [2.75, 3.05) is 19.6 Å². The fourth-order valence-electron chi connectivity index (χ4n) is 3.59. The van der Waals surface area contributed by atoms with Gasteiger partial charge in [0, 0.05) is 6.04 Å². The molecule has 2 aliphatic rings. The van der Waals surface area contributed by atoms with Crippen LogP contribution in [0.4, 0.5) is 0 Å². The molecule has 0 aromatic heterocycles. The molecular formula is C14H28N2. The minimum Gasteiger partial charge on any atom is -0.330 e. The highest BCUT2D eigenvalue weighted by Crippen LogP contribution is 2.36. The fraction of sp³-hybridized carbons (Fsp3) is 1.00. The lowest BCUT2D eigenvalue weighted by Gasteiger charge is -2.31. The molecule has 0 amide bonds. The molecule has 2 rings (SSSR count). The van der Waals surface area contributed by atoms with Gasteiger partial charge in [-0.3, -0.25) is 0 Å². The first-order valence-electron chi connectivity index (χ1n) is 7.36. The van der Waals surface area contributed by atoms with Crippen LogP contribution in [0.5, 0.6) is 0 Å². The van der Waals surface area contributed by atoms with E-state index in [0.717, 1.165) is 18.5 Å². The molecule has 2 heteroatoms. The van der Waals surface area contributed by atoms with E-state index in [-0.39, 0.29) is 0 Å². The summed E-state index contributed by atoms with van der Waals surface area (Å²) in [6, 6.07) is 0.961. The Morgan fingerprint density at radius 1 is 0.938 bits per heavy atom. The van der Waals surface area contributed by atoms with Crippen molar-refractivity contribution in [2.24, 2.45) is 11.7 Å². The molecule has 94 valence electrons. The largest absolute Gasteiger partial charge is 0.330 e. The number of likely N-dealkylation sites (tertiary alicyclic amines) is 1. The molecule has 1 saturated carbocycles. The zero-order chi connectivity index (χ0) is 11.2. The zero-order valence-electron chi connectivity index (χ0n) is 10.7. The Balaban J connectivity index is 1.62.